The number of amides is 2. The van der Waals surface area contributed by atoms with Crippen molar-refractivity contribution in [3.63, 3.8) is 0 Å². The summed E-state index contributed by atoms with van der Waals surface area (Å²) in [4.78, 5) is 14.7. The minimum atomic E-state index is -0.188. The number of ether oxygens (including phenoxy) is 1. The number of nitrogens with one attached hydrogen (secondary N) is 2. The number of rotatable bonds is 6. The Bertz CT molecular complexity index is 763. The molecule has 2 N–H and O–H groups in total. The molecular formula is C23H31N3O2. The molecule has 2 aromatic rings. The lowest BCUT2D eigenvalue weighted by molar-refractivity contribution is 0.249. The van der Waals surface area contributed by atoms with Crippen molar-refractivity contribution in [3.8, 4) is 5.75 Å². The average Bonchev–Trinajstić information content (AvgIpc) is 2.73. The normalized spacial score (nSPS) is 14.5. The first-order valence-electron chi connectivity index (χ1n) is 10.0. The molecule has 0 spiro atoms. The highest BCUT2D eigenvalue weighted by Crippen LogP contribution is 2.25. The molecule has 3 rings (SSSR count). The SMILES string of the molecule is COc1ccc(C(C)(C)CNC(=O)Nc2ccc(N3CCCCC3)cc2)cc1. The highest BCUT2D eigenvalue weighted by Gasteiger charge is 2.21. The molecule has 1 aliphatic rings. The van der Waals surface area contributed by atoms with Gasteiger partial charge in [-0.05, 0) is 61.2 Å². The quantitative estimate of drug-likeness (QED) is 0.757. The van der Waals surface area contributed by atoms with Crippen LogP contribution >= 0.6 is 0 Å². The molecule has 1 saturated heterocycles. The Labute approximate surface area is 168 Å². The number of nitrogens with zero attached hydrogens (tertiary/aromatic N) is 1. The van der Waals surface area contributed by atoms with Gasteiger partial charge in [-0.25, -0.2) is 4.79 Å². The van der Waals surface area contributed by atoms with Gasteiger partial charge in [-0.3, -0.25) is 0 Å². The number of carbonyl (C=O) groups excluding carboxylic acids is 1. The van der Waals surface area contributed by atoms with E-state index in [0.29, 0.717) is 6.54 Å². The van der Waals surface area contributed by atoms with Gasteiger partial charge in [0.2, 0.25) is 0 Å². The Morgan fingerprint density at radius 3 is 2.25 bits per heavy atom. The second-order valence-corrected chi connectivity index (χ2v) is 8.01. The first-order chi connectivity index (χ1) is 13.5. The van der Waals surface area contributed by atoms with Crippen LogP contribution in [0, 0.1) is 0 Å². The number of carbonyl (C=O) groups is 1. The van der Waals surface area contributed by atoms with Crippen molar-refractivity contribution < 1.29 is 9.53 Å². The van der Waals surface area contributed by atoms with E-state index in [9.17, 15) is 4.79 Å². The molecule has 150 valence electrons. The lowest BCUT2D eigenvalue weighted by atomic mass is 9.84. The van der Waals surface area contributed by atoms with Crippen LogP contribution in [0.2, 0.25) is 0 Å². The molecule has 1 aliphatic heterocycles. The summed E-state index contributed by atoms with van der Waals surface area (Å²) in [5.74, 6) is 0.832. The maximum Gasteiger partial charge on any atom is 0.319 e. The van der Waals surface area contributed by atoms with Gasteiger partial charge in [-0.15, -0.1) is 0 Å². The van der Waals surface area contributed by atoms with Gasteiger partial charge < -0.3 is 20.3 Å². The number of anilines is 2. The standard InChI is InChI=1S/C23H31N3O2/c1-23(2,18-7-13-21(28-3)14-8-18)17-24-22(27)25-19-9-11-20(12-10-19)26-15-5-4-6-16-26/h7-14H,4-6,15-17H2,1-3H3,(H2,24,25,27). The molecule has 0 saturated carbocycles. The Hall–Kier alpha value is -2.69. The average molecular weight is 382 g/mol. The van der Waals surface area contributed by atoms with Gasteiger partial charge in [0, 0.05) is 36.4 Å². The van der Waals surface area contributed by atoms with Crippen molar-refractivity contribution in [1.29, 1.82) is 0 Å². The van der Waals surface area contributed by atoms with Gasteiger partial charge in [0.25, 0.3) is 0 Å². The zero-order chi connectivity index (χ0) is 20.0. The van der Waals surface area contributed by atoms with Gasteiger partial charge in [0.1, 0.15) is 5.75 Å². The molecule has 0 unspecified atom stereocenters. The molecule has 1 heterocycles. The maximum atomic E-state index is 12.3. The van der Waals surface area contributed by atoms with Crippen molar-refractivity contribution >= 4 is 17.4 Å². The fourth-order valence-corrected chi connectivity index (χ4v) is 3.53. The van der Waals surface area contributed by atoms with E-state index in [0.717, 1.165) is 30.1 Å². The number of hydrogen-bond donors (Lipinski definition) is 2. The summed E-state index contributed by atoms with van der Waals surface area (Å²) in [6.45, 7) is 7.00. The second kappa shape index (κ2) is 9.00. The molecule has 5 nitrogen and oxygen atoms in total. The predicted molar refractivity (Wildman–Crippen MR) is 116 cm³/mol. The Morgan fingerprint density at radius 2 is 1.64 bits per heavy atom. The van der Waals surface area contributed by atoms with Crippen LogP contribution in [-0.4, -0.2) is 32.8 Å². The highest BCUT2D eigenvalue weighted by molar-refractivity contribution is 5.89. The van der Waals surface area contributed by atoms with E-state index in [1.807, 2.05) is 36.4 Å². The third kappa shape index (κ3) is 5.18. The molecule has 0 aliphatic carbocycles. The molecule has 0 atom stereocenters. The highest BCUT2D eigenvalue weighted by atomic mass is 16.5. The first-order valence-corrected chi connectivity index (χ1v) is 10.0. The van der Waals surface area contributed by atoms with Crippen LogP contribution in [0.15, 0.2) is 48.5 Å². The topological polar surface area (TPSA) is 53.6 Å². The summed E-state index contributed by atoms with van der Waals surface area (Å²) in [6.07, 6.45) is 3.84. The number of hydrogen-bond acceptors (Lipinski definition) is 3. The molecule has 5 heteroatoms. The van der Waals surface area contributed by atoms with Crippen LogP contribution in [0.25, 0.3) is 0 Å². The van der Waals surface area contributed by atoms with Gasteiger partial charge in [-0.1, -0.05) is 26.0 Å². The van der Waals surface area contributed by atoms with E-state index >= 15 is 0 Å². The summed E-state index contributed by atoms with van der Waals surface area (Å²) in [5, 5.41) is 5.91. The minimum Gasteiger partial charge on any atom is -0.497 e. The molecular weight excluding hydrogens is 350 g/mol. The fourth-order valence-electron chi connectivity index (χ4n) is 3.53. The van der Waals surface area contributed by atoms with Crippen molar-refractivity contribution in [1.82, 2.24) is 5.32 Å². The summed E-state index contributed by atoms with van der Waals surface area (Å²) >= 11 is 0. The van der Waals surface area contributed by atoms with Crippen LogP contribution in [0.3, 0.4) is 0 Å². The van der Waals surface area contributed by atoms with Gasteiger partial charge >= 0.3 is 6.03 Å². The zero-order valence-electron chi connectivity index (χ0n) is 17.1. The Balaban J connectivity index is 1.51. The first kappa shape index (κ1) is 20.1. The fraction of sp³-hybridized carbons (Fsp3) is 0.435. The van der Waals surface area contributed by atoms with E-state index in [4.69, 9.17) is 4.74 Å². The van der Waals surface area contributed by atoms with E-state index < -0.39 is 0 Å². The number of methoxy groups -OCH3 is 1. The van der Waals surface area contributed by atoms with E-state index in [-0.39, 0.29) is 11.4 Å². The van der Waals surface area contributed by atoms with E-state index in [1.54, 1.807) is 7.11 Å². The molecule has 1 fully saturated rings. The zero-order valence-corrected chi connectivity index (χ0v) is 17.1. The van der Waals surface area contributed by atoms with Crippen molar-refractivity contribution in [2.75, 3.05) is 37.0 Å². The van der Waals surface area contributed by atoms with Crippen LogP contribution in [-0.2, 0) is 5.41 Å². The smallest absolute Gasteiger partial charge is 0.319 e. The van der Waals surface area contributed by atoms with Gasteiger partial charge in [0.05, 0.1) is 7.11 Å². The lowest BCUT2D eigenvalue weighted by Gasteiger charge is -2.29. The summed E-state index contributed by atoms with van der Waals surface area (Å²) < 4.78 is 5.21. The van der Waals surface area contributed by atoms with Crippen molar-refractivity contribution in [3.05, 3.63) is 54.1 Å². The van der Waals surface area contributed by atoms with Crippen molar-refractivity contribution in [2.45, 2.75) is 38.5 Å². The summed E-state index contributed by atoms with van der Waals surface area (Å²) in [7, 11) is 1.66. The minimum absolute atomic E-state index is 0.179. The number of urea groups is 1. The molecule has 2 amide bonds. The predicted octanol–water partition coefficient (Wildman–Crippen LogP) is 4.78. The van der Waals surface area contributed by atoms with Crippen LogP contribution in [0.1, 0.15) is 38.7 Å². The molecule has 0 radical (unpaired) electrons. The van der Waals surface area contributed by atoms with E-state index in [2.05, 4.69) is 41.5 Å². The number of benzene rings is 2. The largest absolute Gasteiger partial charge is 0.497 e. The van der Waals surface area contributed by atoms with Crippen LogP contribution in [0.5, 0.6) is 5.75 Å². The van der Waals surface area contributed by atoms with Gasteiger partial charge in [-0.2, -0.15) is 0 Å². The maximum absolute atomic E-state index is 12.3. The van der Waals surface area contributed by atoms with Crippen LogP contribution in [0.4, 0.5) is 16.2 Å². The molecule has 2 aromatic carbocycles. The molecule has 28 heavy (non-hydrogen) atoms. The van der Waals surface area contributed by atoms with Crippen LogP contribution < -0.4 is 20.3 Å². The Kier molecular flexibility index (Phi) is 6.45. The lowest BCUT2D eigenvalue weighted by Crippen LogP contribution is -2.39. The molecule has 0 aromatic heterocycles. The third-order valence-electron chi connectivity index (χ3n) is 5.41. The third-order valence-corrected chi connectivity index (χ3v) is 5.41. The van der Waals surface area contributed by atoms with E-state index in [1.165, 1.54) is 24.9 Å². The number of piperidine rings is 1. The summed E-state index contributed by atoms with van der Waals surface area (Å²) in [5.41, 5.74) is 3.01. The Morgan fingerprint density at radius 1 is 1.00 bits per heavy atom. The summed E-state index contributed by atoms with van der Waals surface area (Å²) in [6, 6.07) is 15.9. The van der Waals surface area contributed by atoms with Gasteiger partial charge in [0.15, 0.2) is 0 Å². The second-order valence-electron chi connectivity index (χ2n) is 8.01. The molecule has 0 bridgehead atoms. The monoisotopic (exact) mass is 381 g/mol. The van der Waals surface area contributed by atoms with Crippen molar-refractivity contribution in [2.24, 2.45) is 0 Å².